The van der Waals surface area contributed by atoms with Gasteiger partial charge in [0.1, 0.15) is 35.6 Å². The Hall–Kier alpha value is -5.54. The second kappa shape index (κ2) is 18.5. The van der Waals surface area contributed by atoms with E-state index in [1.54, 1.807) is 65.0 Å². The Bertz CT molecular complexity index is 1720. The second-order valence-electron chi connectivity index (χ2n) is 14.5. The Labute approximate surface area is 313 Å². The molecule has 2 aromatic rings. The molecule has 1 saturated heterocycles. The lowest BCUT2D eigenvalue weighted by Gasteiger charge is -2.33. The molecule has 54 heavy (non-hydrogen) atoms. The van der Waals surface area contributed by atoms with E-state index in [0.717, 1.165) is 0 Å². The molecule has 0 spiro atoms. The molecule has 5 amide bonds. The minimum Gasteiger partial charge on any atom is -0.480 e. The highest BCUT2D eigenvalue weighted by molar-refractivity contribution is 6.38. The summed E-state index contributed by atoms with van der Waals surface area (Å²) in [5, 5.41) is 20.1. The molecule has 1 saturated carbocycles. The van der Waals surface area contributed by atoms with Crippen LogP contribution in [0.3, 0.4) is 0 Å². The first-order valence-electron chi connectivity index (χ1n) is 18.3. The molecule has 4 rings (SSSR count). The Morgan fingerprint density at radius 2 is 1.57 bits per heavy atom. The summed E-state index contributed by atoms with van der Waals surface area (Å²) < 4.78 is 0. The maximum atomic E-state index is 14.3. The van der Waals surface area contributed by atoms with E-state index in [9.17, 15) is 43.5 Å². The standard InChI is InChI=1S/C38H49N7O9/c1-6-10-25(32(47)36(51)42-26(38(53)54)17-22-11-8-7-9-12-22)41-35(50)31-23-13-14-28(46)24(23)19-45(31)37(52)30(21(4)5)44-34(49)29(20(2)3)43-33(48)27-18-39-15-16-40-27/h7-9,11-12,15-16,18,20-21,23-26,29-31H,6,10,13-14,17,19H2,1-5H3,(H,41,50)(H,42,51)(H,43,48)(H,44,49)(H,53,54)/t23-,24-,25?,26-,29+,30?,31-/m0/s1. The number of nitrogens with zero attached hydrogens (tertiary/aromatic N) is 3. The Morgan fingerprint density at radius 1 is 0.889 bits per heavy atom. The van der Waals surface area contributed by atoms with Crippen LogP contribution in [0.4, 0.5) is 0 Å². The van der Waals surface area contributed by atoms with Crippen LogP contribution in [-0.4, -0.2) is 104 Å². The molecular formula is C38H49N7O9. The number of amides is 5. The lowest BCUT2D eigenvalue weighted by Crippen LogP contribution is -2.60. The first-order chi connectivity index (χ1) is 25.6. The van der Waals surface area contributed by atoms with Crippen molar-refractivity contribution in [2.24, 2.45) is 23.7 Å². The molecule has 16 heteroatoms. The average molecular weight is 748 g/mol. The fourth-order valence-corrected chi connectivity index (χ4v) is 7.02. The smallest absolute Gasteiger partial charge is 0.326 e. The number of benzene rings is 1. The van der Waals surface area contributed by atoms with E-state index >= 15 is 0 Å². The van der Waals surface area contributed by atoms with E-state index in [1.165, 1.54) is 23.5 Å². The van der Waals surface area contributed by atoms with Crippen molar-refractivity contribution in [3.8, 4) is 0 Å². The van der Waals surface area contributed by atoms with Crippen LogP contribution in [0.15, 0.2) is 48.9 Å². The first-order valence-corrected chi connectivity index (χ1v) is 18.3. The van der Waals surface area contributed by atoms with Crippen molar-refractivity contribution in [3.05, 3.63) is 60.2 Å². The number of rotatable bonds is 17. The molecule has 0 bridgehead atoms. The van der Waals surface area contributed by atoms with Gasteiger partial charge in [-0.05, 0) is 30.2 Å². The number of fused-ring (bicyclic) bond motifs is 1. The third kappa shape index (κ3) is 9.90. The van der Waals surface area contributed by atoms with Crippen LogP contribution in [0.5, 0.6) is 0 Å². The summed E-state index contributed by atoms with van der Waals surface area (Å²) in [6.45, 7) is 8.52. The van der Waals surface area contributed by atoms with Crippen LogP contribution in [0.25, 0.3) is 0 Å². The molecule has 1 aliphatic carbocycles. The molecule has 2 heterocycles. The third-order valence-electron chi connectivity index (χ3n) is 9.92. The van der Waals surface area contributed by atoms with Crippen molar-refractivity contribution in [1.82, 2.24) is 36.1 Å². The van der Waals surface area contributed by atoms with Gasteiger partial charge in [-0.2, -0.15) is 0 Å². The summed E-state index contributed by atoms with van der Waals surface area (Å²) in [5.74, 6) is -8.40. The van der Waals surface area contributed by atoms with Gasteiger partial charge in [-0.15, -0.1) is 0 Å². The molecule has 5 N–H and O–H groups in total. The lowest BCUT2D eigenvalue weighted by molar-refractivity contribution is -0.146. The van der Waals surface area contributed by atoms with Crippen LogP contribution in [-0.2, 0) is 40.0 Å². The minimum atomic E-state index is -1.41. The molecule has 290 valence electrons. The highest BCUT2D eigenvalue weighted by Gasteiger charge is 2.54. The molecule has 0 radical (unpaired) electrons. The van der Waals surface area contributed by atoms with Crippen molar-refractivity contribution in [1.29, 1.82) is 0 Å². The first kappa shape index (κ1) is 41.2. The van der Waals surface area contributed by atoms with Crippen molar-refractivity contribution in [2.75, 3.05) is 6.54 Å². The zero-order valence-corrected chi connectivity index (χ0v) is 31.1. The van der Waals surface area contributed by atoms with E-state index in [1.807, 2.05) is 0 Å². The van der Waals surface area contributed by atoms with Gasteiger partial charge in [0.25, 0.3) is 11.8 Å². The largest absolute Gasteiger partial charge is 0.480 e. The number of carboxylic acids is 1. The Balaban J connectivity index is 1.52. The molecule has 7 atom stereocenters. The third-order valence-corrected chi connectivity index (χ3v) is 9.92. The molecule has 2 fully saturated rings. The normalized spacial score (nSPS) is 20.0. The number of nitrogens with one attached hydrogen (secondary N) is 4. The molecule has 1 aromatic carbocycles. The number of aromatic nitrogens is 2. The number of carbonyl (C=O) groups is 8. The topological polar surface area (TPSA) is 234 Å². The molecule has 2 unspecified atom stereocenters. The number of hydrogen-bond donors (Lipinski definition) is 5. The van der Waals surface area contributed by atoms with Gasteiger partial charge in [-0.3, -0.25) is 38.5 Å². The highest BCUT2D eigenvalue weighted by Crippen LogP contribution is 2.41. The minimum absolute atomic E-state index is 0.000733. The highest BCUT2D eigenvalue weighted by atomic mass is 16.4. The molecular weight excluding hydrogens is 698 g/mol. The molecule has 1 aliphatic heterocycles. The number of hydrogen-bond acceptors (Lipinski definition) is 10. The Morgan fingerprint density at radius 3 is 2.17 bits per heavy atom. The van der Waals surface area contributed by atoms with Gasteiger partial charge >= 0.3 is 5.97 Å². The van der Waals surface area contributed by atoms with Gasteiger partial charge in [0.15, 0.2) is 0 Å². The van der Waals surface area contributed by atoms with Gasteiger partial charge < -0.3 is 31.3 Å². The summed E-state index contributed by atoms with van der Waals surface area (Å²) >= 11 is 0. The van der Waals surface area contributed by atoms with Crippen LogP contribution < -0.4 is 21.3 Å². The van der Waals surface area contributed by atoms with Gasteiger partial charge in [0.05, 0.1) is 12.2 Å². The van der Waals surface area contributed by atoms with Gasteiger partial charge in [0.2, 0.25) is 23.5 Å². The zero-order chi connectivity index (χ0) is 39.7. The van der Waals surface area contributed by atoms with Crippen molar-refractivity contribution in [2.45, 2.75) is 96.9 Å². The SMILES string of the molecule is CCCC(NC(=O)[C@@H]1[C@H]2CCC(=O)[C@H]2CN1C(=O)C(NC(=O)[C@H](NC(=O)c1cnccn1)C(C)C)C(C)C)C(=O)C(=O)N[C@@H](Cc1ccccc1)C(=O)O. The molecule has 1 aromatic heterocycles. The van der Waals surface area contributed by atoms with E-state index in [2.05, 4.69) is 31.2 Å². The molecule has 16 nitrogen and oxygen atoms in total. The van der Waals surface area contributed by atoms with E-state index < -0.39 is 95.2 Å². The van der Waals surface area contributed by atoms with Gasteiger partial charge in [-0.25, -0.2) is 9.78 Å². The average Bonchev–Trinajstić information content (AvgIpc) is 3.71. The lowest BCUT2D eigenvalue weighted by atomic mass is 9.92. The van der Waals surface area contributed by atoms with E-state index in [-0.39, 0.29) is 37.3 Å². The van der Waals surface area contributed by atoms with Crippen molar-refractivity contribution >= 4 is 47.1 Å². The van der Waals surface area contributed by atoms with E-state index in [4.69, 9.17) is 0 Å². The summed E-state index contributed by atoms with van der Waals surface area (Å²) in [6.07, 6.45) is 4.88. The van der Waals surface area contributed by atoms with Gasteiger partial charge in [0, 0.05) is 43.6 Å². The second-order valence-corrected chi connectivity index (χ2v) is 14.5. The van der Waals surface area contributed by atoms with Crippen LogP contribution in [0.2, 0.25) is 0 Å². The summed E-state index contributed by atoms with van der Waals surface area (Å²) in [4.78, 5) is 116. The summed E-state index contributed by atoms with van der Waals surface area (Å²) in [5.41, 5.74) is 0.630. The fourth-order valence-electron chi connectivity index (χ4n) is 7.02. The number of likely N-dealkylation sites (tertiary alicyclic amines) is 1. The van der Waals surface area contributed by atoms with Crippen LogP contribution in [0.1, 0.15) is 76.4 Å². The quantitative estimate of drug-likeness (QED) is 0.142. The monoisotopic (exact) mass is 747 g/mol. The maximum Gasteiger partial charge on any atom is 0.326 e. The summed E-state index contributed by atoms with van der Waals surface area (Å²) in [6, 6.07) is 2.42. The number of aliphatic carboxylic acids is 1. The fraction of sp³-hybridized carbons (Fsp3) is 0.526. The predicted octanol–water partition coefficient (Wildman–Crippen LogP) is 0.844. The van der Waals surface area contributed by atoms with Crippen LogP contribution in [0, 0.1) is 23.7 Å². The van der Waals surface area contributed by atoms with Crippen molar-refractivity contribution in [3.63, 3.8) is 0 Å². The Kier molecular flexibility index (Phi) is 14.1. The number of Topliss-reactive ketones (excluding diaryl/α,β-unsaturated/α-hetero) is 2. The van der Waals surface area contributed by atoms with Gasteiger partial charge in [-0.1, -0.05) is 71.4 Å². The van der Waals surface area contributed by atoms with Crippen LogP contribution >= 0.6 is 0 Å². The maximum absolute atomic E-state index is 14.3. The van der Waals surface area contributed by atoms with Crippen molar-refractivity contribution < 1.29 is 43.5 Å². The predicted molar refractivity (Wildman–Crippen MR) is 193 cm³/mol. The number of carbonyl (C=O) groups excluding carboxylic acids is 7. The zero-order valence-electron chi connectivity index (χ0n) is 31.1. The summed E-state index contributed by atoms with van der Waals surface area (Å²) in [7, 11) is 0. The molecule has 2 aliphatic rings. The number of carboxylic acid groups (broad SMARTS) is 1. The number of ketones is 2. The van der Waals surface area contributed by atoms with E-state index in [0.29, 0.717) is 18.4 Å².